The van der Waals surface area contributed by atoms with E-state index in [2.05, 4.69) is 4.74 Å². The maximum Gasteiger partial charge on any atom is 0.410 e. The molecule has 1 amide bonds. The summed E-state index contributed by atoms with van der Waals surface area (Å²) in [5.41, 5.74) is -0.274. The van der Waals surface area contributed by atoms with Crippen LogP contribution >= 0.6 is 11.6 Å². The van der Waals surface area contributed by atoms with Crippen molar-refractivity contribution >= 4 is 17.7 Å². The first-order valence-electron chi connectivity index (χ1n) is 4.63. The lowest BCUT2D eigenvalue weighted by molar-refractivity contribution is -0.0215. The first kappa shape index (κ1) is 11.6. The van der Waals surface area contributed by atoms with Crippen LogP contribution in [0.5, 0.6) is 0 Å². The summed E-state index contributed by atoms with van der Waals surface area (Å²) in [5, 5.41) is 9.66. The second-order valence-corrected chi connectivity index (χ2v) is 4.45. The third-order valence-corrected chi connectivity index (χ3v) is 2.72. The number of carbonyl (C=O) groups excluding carboxylic acids is 1. The Balaban J connectivity index is 2.55. The van der Waals surface area contributed by atoms with E-state index in [-0.39, 0.29) is 17.6 Å². The van der Waals surface area contributed by atoms with Gasteiger partial charge >= 0.3 is 6.09 Å². The number of carbonyl (C=O) groups is 1. The summed E-state index contributed by atoms with van der Waals surface area (Å²) in [6.07, 6.45) is -0.174. The van der Waals surface area contributed by atoms with E-state index in [1.165, 1.54) is 0 Å². The smallest absolute Gasteiger partial charge is 0.410 e. The Morgan fingerprint density at radius 1 is 1.71 bits per heavy atom. The molecule has 1 fully saturated rings. The van der Waals surface area contributed by atoms with Crippen molar-refractivity contribution in [3.05, 3.63) is 0 Å². The number of aliphatic hydroxyl groups excluding tert-OH is 1. The van der Waals surface area contributed by atoms with Crippen LogP contribution in [-0.2, 0) is 4.74 Å². The van der Waals surface area contributed by atoms with Crippen LogP contribution in [0.25, 0.3) is 0 Å². The fraction of sp³-hybridized carbons (Fsp3) is 0.889. The molecular weight excluding hydrogens is 206 g/mol. The summed E-state index contributed by atoms with van der Waals surface area (Å²) >= 11 is 5.30. The van der Waals surface area contributed by atoms with Crippen molar-refractivity contribution in [3.63, 3.8) is 0 Å². The largest absolute Gasteiger partial charge is 0.433 e. The Hall–Kier alpha value is -0.480. The number of amides is 1. The van der Waals surface area contributed by atoms with Crippen LogP contribution in [0.3, 0.4) is 0 Å². The molecule has 0 saturated carbocycles. The SMILES string of the molecule is CC1(C)CN(C(=O)OCCl)CCC1O. The summed E-state index contributed by atoms with van der Waals surface area (Å²) in [6, 6.07) is -0.127. The van der Waals surface area contributed by atoms with Crippen molar-refractivity contribution in [1.29, 1.82) is 0 Å². The highest BCUT2D eigenvalue weighted by Gasteiger charge is 2.36. The van der Waals surface area contributed by atoms with Crippen LogP contribution in [0.4, 0.5) is 4.79 Å². The third kappa shape index (κ3) is 2.51. The topological polar surface area (TPSA) is 49.8 Å². The van der Waals surface area contributed by atoms with Crippen LogP contribution < -0.4 is 0 Å². The minimum atomic E-state index is -0.403. The summed E-state index contributed by atoms with van der Waals surface area (Å²) in [5.74, 6) is 0. The number of alkyl halides is 1. The number of rotatable bonds is 1. The van der Waals surface area contributed by atoms with Gasteiger partial charge in [-0.15, -0.1) is 0 Å². The third-order valence-electron chi connectivity index (χ3n) is 2.61. The number of nitrogens with zero attached hydrogens (tertiary/aromatic N) is 1. The van der Waals surface area contributed by atoms with Gasteiger partial charge in [0.15, 0.2) is 6.07 Å². The molecule has 1 aliphatic heterocycles. The second-order valence-electron chi connectivity index (χ2n) is 4.23. The Bertz CT molecular complexity index is 220. The van der Waals surface area contributed by atoms with E-state index in [1.54, 1.807) is 4.90 Å². The Morgan fingerprint density at radius 2 is 2.36 bits per heavy atom. The number of hydrogen-bond donors (Lipinski definition) is 1. The highest BCUT2D eigenvalue weighted by molar-refractivity contribution is 6.17. The number of piperidine rings is 1. The number of hydrogen-bond acceptors (Lipinski definition) is 3. The average Bonchev–Trinajstić information content (AvgIpc) is 2.10. The zero-order valence-corrected chi connectivity index (χ0v) is 9.25. The predicted molar refractivity (Wildman–Crippen MR) is 53.2 cm³/mol. The minimum absolute atomic E-state index is 0.127. The molecule has 4 nitrogen and oxygen atoms in total. The zero-order valence-electron chi connectivity index (χ0n) is 8.49. The molecule has 82 valence electrons. The van der Waals surface area contributed by atoms with Crippen molar-refractivity contribution < 1.29 is 14.6 Å². The van der Waals surface area contributed by atoms with Crippen molar-refractivity contribution in [1.82, 2.24) is 4.90 Å². The molecule has 1 unspecified atom stereocenters. The number of likely N-dealkylation sites (tertiary alicyclic amines) is 1. The van der Waals surface area contributed by atoms with Crippen molar-refractivity contribution in [2.45, 2.75) is 26.4 Å². The quantitative estimate of drug-likeness (QED) is 0.682. The van der Waals surface area contributed by atoms with E-state index >= 15 is 0 Å². The van der Waals surface area contributed by atoms with Gasteiger partial charge < -0.3 is 14.7 Å². The maximum atomic E-state index is 11.3. The highest BCUT2D eigenvalue weighted by atomic mass is 35.5. The van der Waals surface area contributed by atoms with E-state index in [1.807, 2.05) is 13.8 Å². The fourth-order valence-corrected chi connectivity index (χ4v) is 1.73. The standard InChI is InChI=1S/C9H16ClNO3/c1-9(2)5-11(4-3-7(9)12)8(13)14-6-10/h7,12H,3-6H2,1-2H3. The number of halogens is 1. The molecule has 0 aromatic heterocycles. The summed E-state index contributed by atoms with van der Waals surface area (Å²) in [4.78, 5) is 12.9. The summed E-state index contributed by atoms with van der Waals surface area (Å²) < 4.78 is 4.68. The first-order chi connectivity index (χ1) is 6.47. The van der Waals surface area contributed by atoms with Gasteiger partial charge in [-0.2, -0.15) is 0 Å². The monoisotopic (exact) mass is 221 g/mol. The molecule has 1 aliphatic rings. The number of ether oxygens (including phenoxy) is 1. The second kappa shape index (κ2) is 4.36. The minimum Gasteiger partial charge on any atom is -0.433 e. The van der Waals surface area contributed by atoms with Gasteiger partial charge in [0, 0.05) is 18.5 Å². The molecular formula is C9H16ClNO3. The van der Waals surface area contributed by atoms with Gasteiger partial charge in [-0.25, -0.2) is 4.79 Å². The molecule has 1 N–H and O–H groups in total. The van der Waals surface area contributed by atoms with Crippen LogP contribution in [0, 0.1) is 5.41 Å². The van der Waals surface area contributed by atoms with E-state index in [4.69, 9.17) is 11.6 Å². The summed E-state index contributed by atoms with van der Waals surface area (Å²) in [7, 11) is 0. The van der Waals surface area contributed by atoms with Crippen LogP contribution in [0.2, 0.25) is 0 Å². The lowest BCUT2D eigenvalue weighted by atomic mass is 9.81. The first-order valence-corrected chi connectivity index (χ1v) is 5.16. The van der Waals surface area contributed by atoms with Gasteiger partial charge in [-0.3, -0.25) is 0 Å². The molecule has 5 heteroatoms. The molecule has 1 saturated heterocycles. The molecule has 0 aromatic carbocycles. The fourth-order valence-electron chi connectivity index (χ4n) is 1.64. The van der Waals surface area contributed by atoms with Crippen LogP contribution in [-0.4, -0.2) is 41.4 Å². The van der Waals surface area contributed by atoms with Crippen LogP contribution in [0.15, 0.2) is 0 Å². The normalized spacial score (nSPS) is 26.0. The lowest BCUT2D eigenvalue weighted by Gasteiger charge is -2.40. The molecule has 1 atom stereocenters. The number of aliphatic hydroxyl groups is 1. The zero-order chi connectivity index (χ0) is 10.8. The predicted octanol–water partition coefficient (Wildman–Crippen LogP) is 1.41. The van der Waals surface area contributed by atoms with E-state index < -0.39 is 6.09 Å². The molecule has 1 heterocycles. The maximum absolute atomic E-state index is 11.3. The van der Waals surface area contributed by atoms with Crippen molar-refractivity contribution in [2.75, 3.05) is 19.2 Å². The van der Waals surface area contributed by atoms with Gasteiger partial charge in [0.25, 0.3) is 0 Å². The van der Waals surface area contributed by atoms with E-state index in [9.17, 15) is 9.90 Å². The Morgan fingerprint density at radius 3 is 2.86 bits per heavy atom. The van der Waals surface area contributed by atoms with Crippen molar-refractivity contribution in [2.24, 2.45) is 5.41 Å². The van der Waals surface area contributed by atoms with Gasteiger partial charge in [-0.1, -0.05) is 25.4 Å². The van der Waals surface area contributed by atoms with Gasteiger partial charge in [0.2, 0.25) is 0 Å². The van der Waals surface area contributed by atoms with E-state index in [0.717, 1.165) is 0 Å². The van der Waals surface area contributed by atoms with Crippen molar-refractivity contribution in [3.8, 4) is 0 Å². The Labute approximate surface area is 88.8 Å². The van der Waals surface area contributed by atoms with Gasteiger partial charge in [0.05, 0.1) is 6.10 Å². The van der Waals surface area contributed by atoms with Crippen LogP contribution in [0.1, 0.15) is 20.3 Å². The molecule has 0 aliphatic carbocycles. The van der Waals surface area contributed by atoms with Gasteiger partial charge in [-0.05, 0) is 6.42 Å². The lowest BCUT2D eigenvalue weighted by Crippen LogP contribution is -2.50. The molecule has 14 heavy (non-hydrogen) atoms. The molecule has 0 aromatic rings. The molecule has 0 radical (unpaired) electrons. The summed E-state index contributed by atoms with van der Waals surface area (Å²) in [6.45, 7) is 4.89. The van der Waals surface area contributed by atoms with E-state index in [0.29, 0.717) is 19.5 Å². The average molecular weight is 222 g/mol. The Kier molecular flexibility index (Phi) is 3.61. The highest BCUT2D eigenvalue weighted by Crippen LogP contribution is 2.29. The molecule has 0 spiro atoms. The molecule has 0 bridgehead atoms. The van der Waals surface area contributed by atoms with Gasteiger partial charge in [0.1, 0.15) is 0 Å². The molecule has 1 rings (SSSR count).